The number of nitro benzene ring substituents is 1. The molecular formula is C12H12N6O3. The number of nitrogen functional groups attached to an aromatic ring is 1. The van der Waals surface area contributed by atoms with Crippen LogP contribution in [0.5, 0.6) is 0 Å². The lowest BCUT2D eigenvalue weighted by Gasteiger charge is -2.06. The molecule has 0 atom stereocenters. The number of carbonyl (C=O) groups is 1. The van der Waals surface area contributed by atoms with Crippen LogP contribution in [0.25, 0.3) is 0 Å². The Morgan fingerprint density at radius 3 is 2.76 bits per heavy atom. The highest BCUT2D eigenvalue weighted by atomic mass is 16.6. The SMILES string of the molecule is Cc1cc(NC(=O)c2cncc(NN)n2)ccc1[N+](=O)[O-]. The largest absolute Gasteiger partial charge is 0.321 e. The van der Waals surface area contributed by atoms with Crippen molar-refractivity contribution < 1.29 is 9.72 Å². The van der Waals surface area contributed by atoms with Crippen molar-refractivity contribution in [3.8, 4) is 0 Å². The predicted molar refractivity (Wildman–Crippen MR) is 75.6 cm³/mol. The fourth-order valence-corrected chi connectivity index (χ4v) is 1.68. The van der Waals surface area contributed by atoms with Gasteiger partial charge in [0.05, 0.1) is 17.3 Å². The third-order valence-electron chi connectivity index (χ3n) is 2.67. The lowest BCUT2D eigenvalue weighted by Crippen LogP contribution is -2.16. The summed E-state index contributed by atoms with van der Waals surface area (Å²) in [5.41, 5.74) is 3.22. The van der Waals surface area contributed by atoms with Gasteiger partial charge in [-0.25, -0.2) is 10.8 Å². The van der Waals surface area contributed by atoms with E-state index in [0.29, 0.717) is 11.3 Å². The minimum Gasteiger partial charge on any atom is -0.321 e. The van der Waals surface area contributed by atoms with Crippen LogP contribution < -0.4 is 16.6 Å². The molecule has 2 rings (SSSR count). The number of nitro groups is 1. The number of nitrogens with one attached hydrogen (secondary N) is 2. The summed E-state index contributed by atoms with van der Waals surface area (Å²) in [7, 11) is 0. The monoisotopic (exact) mass is 288 g/mol. The Morgan fingerprint density at radius 1 is 1.38 bits per heavy atom. The van der Waals surface area contributed by atoms with Crippen LogP contribution in [0.2, 0.25) is 0 Å². The van der Waals surface area contributed by atoms with Gasteiger partial charge in [0.2, 0.25) is 0 Å². The van der Waals surface area contributed by atoms with Crippen molar-refractivity contribution >= 4 is 23.1 Å². The Bertz CT molecular complexity index is 703. The van der Waals surface area contributed by atoms with E-state index in [4.69, 9.17) is 5.84 Å². The first-order valence-corrected chi connectivity index (χ1v) is 5.86. The van der Waals surface area contributed by atoms with Crippen molar-refractivity contribution in [2.75, 3.05) is 10.7 Å². The van der Waals surface area contributed by atoms with Gasteiger partial charge in [-0.1, -0.05) is 0 Å². The molecule has 1 heterocycles. The van der Waals surface area contributed by atoms with Gasteiger partial charge in [0.1, 0.15) is 5.69 Å². The minimum absolute atomic E-state index is 0.0119. The van der Waals surface area contributed by atoms with E-state index in [9.17, 15) is 14.9 Å². The normalized spacial score (nSPS) is 10.0. The molecule has 0 unspecified atom stereocenters. The van der Waals surface area contributed by atoms with Gasteiger partial charge >= 0.3 is 0 Å². The van der Waals surface area contributed by atoms with Crippen LogP contribution in [-0.4, -0.2) is 20.8 Å². The zero-order valence-electron chi connectivity index (χ0n) is 11.0. The summed E-state index contributed by atoms with van der Waals surface area (Å²) in [5, 5.41) is 13.3. The Hall–Kier alpha value is -3.07. The van der Waals surface area contributed by atoms with Crippen molar-refractivity contribution in [3.63, 3.8) is 0 Å². The van der Waals surface area contributed by atoms with Crippen LogP contribution in [0, 0.1) is 17.0 Å². The maximum Gasteiger partial charge on any atom is 0.275 e. The molecule has 1 amide bonds. The third kappa shape index (κ3) is 3.28. The smallest absolute Gasteiger partial charge is 0.275 e. The van der Waals surface area contributed by atoms with Crippen LogP contribution in [-0.2, 0) is 0 Å². The zero-order chi connectivity index (χ0) is 15.4. The van der Waals surface area contributed by atoms with Gasteiger partial charge < -0.3 is 10.7 Å². The van der Waals surface area contributed by atoms with Gasteiger partial charge in [0.25, 0.3) is 11.6 Å². The molecule has 21 heavy (non-hydrogen) atoms. The second-order valence-corrected chi connectivity index (χ2v) is 4.15. The number of hydrogen-bond acceptors (Lipinski definition) is 7. The highest BCUT2D eigenvalue weighted by Gasteiger charge is 2.13. The average molecular weight is 288 g/mol. The van der Waals surface area contributed by atoms with Crippen LogP contribution in [0.1, 0.15) is 16.1 Å². The molecule has 9 heteroatoms. The molecule has 0 radical (unpaired) electrons. The molecule has 4 N–H and O–H groups in total. The maximum absolute atomic E-state index is 12.0. The molecule has 0 aliphatic rings. The van der Waals surface area contributed by atoms with E-state index in [-0.39, 0.29) is 17.2 Å². The summed E-state index contributed by atoms with van der Waals surface area (Å²) in [4.78, 5) is 30.0. The second-order valence-electron chi connectivity index (χ2n) is 4.15. The van der Waals surface area contributed by atoms with Gasteiger partial charge in [0, 0.05) is 17.3 Å². The van der Waals surface area contributed by atoms with E-state index in [1.54, 1.807) is 6.92 Å². The molecule has 0 fully saturated rings. The van der Waals surface area contributed by atoms with Crippen molar-refractivity contribution in [1.82, 2.24) is 9.97 Å². The summed E-state index contributed by atoms with van der Waals surface area (Å²) in [6.45, 7) is 1.59. The highest BCUT2D eigenvalue weighted by Crippen LogP contribution is 2.21. The van der Waals surface area contributed by atoms with Crippen LogP contribution in [0.15, 0.2) is 30.6 Å². The van der Waals surface area contributed by atoms with Crippen LogP contribution in [0.4, 0.5) is 17.2 Å². The first kappa shape index (κ1) is 14.3. The van der Waals surface area contributed by atoms with Gasteiger partial charge in [-0.05, 0) is 19.1 Å². The fraction of sp³-hybridized carbons (Fsp3) is 0.0833. The van der Waals surface area contributed by atoms with E-state index < -0.39 is 10.8 Å². The topological polar surface area (TPSA) is 136 Å². The molecule has 9 nitrogen and oxygen atoms in total. The highest BCUT2D eigenvalue weighted by molar-refractivity contribution is 6.02. The number of amides is 1. The maximum atomic E-state index is 12.0. The Labute approximate surface area is 119 Å². The number of hydrogen-bond donors (Lipinski definition) is 3. The van der Waals surface area contributed by atoms with Gasteiger partial charge in [-0.15, -0.1) is 0 Å². The predicted octanol–water partition coefficient (Wildman–Crippen LogP) is 1.23. The van der Waals surface area contributed by atoms with E-state index in [2.05, 4.69) is 20.7 Å². The molecule has 1 aromatic heterocycles. The number of nitrogens with two attached hydrogens (primary N) is 1. The standard InChI is InChI=1S/C12H12N6O3/c1-7-4-8(2-3-10(7)18(20)21)15-12(19)9-5-14-6-11(16-9)17-13/h2-6H,13H2,1H3,(H,15,19)(H,16,17). The summed E-state index contributed by atoms with van der Waals surface area (Å²) in [5.74, 6) is 4.95. The summed E-state index contributed by atoms with van der Waals surface area (Å²) < 4.78 is 0. The van der Waals surface area contributed by atoms with Crippen molar-refractivity contribution in [2.24, 2.45) is 5.84 Å². The van der Waals surface area contributed by atoms with Crippen LogP contribution >= 0.6 is 0 Å². The fourth-order valence-electron chi connectivity index (χ4n) is 1.68. The minimum atomic E-state index is -0.493. The number of aromatic nitrogens is 2. The Kier molecular flexibility index (Phi) is 4.05. The van der Waals surface area contributed by atoms with E-state index in [1.165, 1.54) is 30.6 Å². The van der Waals surface area contributed by atoms with Crippen molar-refractivity contribution in [1.29, 1.82) is 0 Å². The number of nitrogens with zero attached hydrogens (tertiary/aromatic N) is 3. The first-order valence-electron chi connectivity index (χ1n) is 5.86. The van der Waals surface area contributed by atoms with Crippen molar-refractivity contribution in [2.45, 2.75) is 6.92 Å². The molecular weight excluding hydrogens is 276 g/mol. The number of benzene rings is 1. The number of aryl methyl sites for hydroxylation is 1. The third-order valence-corrected chi connectivity index (χ3v) is 2.67. The molecule has 0 aliphatic heterocycles. The van der Waals surface area contributed by atoms with Gasteiger partial charge in [0.15, 0.2) is 5.82 Å². The van der Waals surface area contributed by atoms with E-state index in [1.807, 2.05) is 0 Å². The molecule has 0 aliphatic carbocycles. The van der Waals surface area contributed by atoms with E-state index in [0.717, 1.165) is 0 Å². The molecule has 2 aromatic rings. The lowest BCUT2D eigenvalue weighted by molar-refractivity contribution is -0.385. The number of rotatable bonds is 4. The van der Waals surface area contributed by atoms with Crippen LogP contribution in [0.3, 0.4) is 0 Å². The van der Waals surface area contributed by atoms with Gasteiger partial charge in [-0.3, -0.25) is 19.9 Å². The number of hydrazine groups is 1. The lowest BCUT2D eigenvalue weighted by atomic mass is 10.2. The quantitative estimate of drug-likeness (QED) is 0.437. The first-order chi connectivity index (χ1) is 10.0. The zero-order valence-corrected chi connectivity index (χ0v) is 11.0. The average Bonchev–Trinajstić information content (AvgIpc) is 2.47. The molecule has 0 saturated heterocycles. The molecule has 108 valence electrons. The van der Waals surface area contributed by atoms with Gasteiger partial charge in [-0.2, -0.15) is 0 Å². The molecule has 0 bridgehead atoms. The summed E-state index contributed by atoms with van der Waals surface area (Å²) in [6.07, 6.45) is 2.65. The van der Waals surface area contributed by atoms with Crippen molar-refractivity contribution in [3.05, 3.63) is 52.0 Å². The molecule has 0 spiro atoms. The summed E-state index contributed by atoms with van der Waals surface area (Å²) in [6, 6.07) is 4.28. The van der Waals surface area contributed by atoms with E-state index >= 15 is 0 Å². The number of carbonyl (C=O) groups excluding carboxylic acids is 1. The molecule has 1 aromatic carbocycles. The summed E-state index contributed by atoms with van der Waals surface area (Å²) >= 11 is 0. The molecule has 0 saturated carbocycles. The Balaban J connectivity index is 2.19. The Morgan fingerprint density at radius 2 is 2.14 bits per heavy atom. The number of anilines is 2. The second kappa shape index (κ2) is 5.92.